The Morgan fingerprint density at radius 3 is 1.09 bits per heavy atom. The van der Waals surface area contributed by atoms with Crippen LogP contribution in [0.5, 0.6) is 0 Å². The number of benzene rings is 15. The highest BCUT2D eigenvalue weighted by Gasteiger charge is 2.49. The molecule has 0 bridgehead atoms. The van der Waals surface area contributed by atoms with E-state index in [1.54, 1.807) is 0 Å². The number of hydrogen-bond acceptors (Lipinski definition) is 2. The highest BCUT2D eigenvalue weighted by Crippen LogP contribution is 2.48. The zero-order chi connectivity index (χ0) is 63.6. The maximum Gasteiger partial charge on any atom is 0.252 e. The molecule has 0 radical (unpaired) electrons. The number of fused-ring (bicyclic) bond motifs is 7. The Morgan fingerprint density at radius 2 is 0.604 bits per heavy atom. The number of rotatable bonds is 13. The van der Waals surface area contributed by atoms with Crippen LogP contribution in [0.3, 0.4) is 0 Å². The van der Waals surface area contributed by atoms with Gasteiger partial charge < -0.3 is 14.4 Å². The van der Waals surface area contributed by atoms with Crippen molar-refractivity contribution in [2.75, 3.05) is 9.80 Å². The van der Waals surface area contributed by atoms with Gasteiger partial charge in [0.15, 0.2) is 16.1 Å². The molecular formula is C90H64BN3Si2. The van der Waals surface area contributed by atoms with Crippen molar-refractivity contribution in [3.8, 4) is 27.9 Å². The first-order chi connectivity index (χ1) is 47.7. The molecule has 0 spiro atoms. The lowest BCUT2D eigenvalue weighted by Crippen LogP contribution is -2.75. The van der Waals surface area contributed by atoms with E-state index in [9.17, 15) is 0 Å². The van der Waals surface area contributed by atoms with E-state index in [4.69, 9.17) is 0 Å². The van der Waals surface area contributed by atoms with E-state index >= 15 is 0 Å². The van der Waals surface area contributed by atoms with E-state index in [0.29, 0.717) is 0 Å². The minimum Gasteiger partial charge on any atom is -0.311 e. The number of nitrogens with zero attached hydrogens (tertiary/aromatic N) is 3. The molecule has 0 N–H and O–H groups in total. The number of aromatic nitrogens is 1. The van der Waals surface area contributed by atoms with Crippen molar-refractivity contribution in [1.82, 2.24) is 4.57 Å². The highest BCUT2D eigenvalue weighted by atomic mass is 28.3. The van der Waals surface area contributed by atoms with E-state index in [0.717, 1.165) is 56.4 Å². The topological polar surface area (TPSA) is 11.4 Å². The smallest absolute Gasteiger partial charge is 0.252 e. The Morgan fingerprint density at radius 1 is 0.219 bits per heavy atom. The van der Waals surface area contributed by atoms with E-state index in [1.807, 2.05) is 0 Å². The summed E-state index contributed by atoms with van der Waals surface area (Å²) in [5.41, 5.74) is 18.7. The van der Waals surface area contributed by atoms with Crippen molar-refractivity contribution < 1.29 is 0 Å². The SMILES string of the molecule is c1ccc(-c2cccc(N3c4cccc(-c5ccccc5)c4B4c5cc([Si](c6ccccc6)(c6ccccc6)c6ccccc6)ccc5N(c5ccc([Si](c6ccccc6)(c6ccccc6)c6ccccc6)cc5)c5cc(-n6c7ccccc7c7ccccc76)cc3c54)c2)cc1. The van der Waals surface area contributed by atoms with E-state index < -0.39 is 16.1 Å². The molecule has 0 saturated carbocycles. The fraction of sp³-hybridized carbons (Fsp3) is 0. The maximum atomic E-state index is 2.67. The summed E-state index contributed by atoms with van der Waals surface area (Å²) in [6.07, 6.45) is 0. The van der Waals surface area contributed by atoms with Crippen LogP contribution in [0.15, 0.2) is 388 Å². The van der Waals surface area contributed by atoms with Gasteiger partial charge in [-0.1, -0.05) is 328 Å². The number of para-hydroxylation sites is 2. The average Bonchev–Trinajstić information content (AvgIpc) is 0.817. The first-order valence-corrected chi connectivity index (χ1v) is 37.3. The van der Waals surface area contributed by atoms with Crippen LogP contribution >= 0.6 is 0 Å². The molecule has 0 atom stereocenters. The van der Waals surface area contributed by atoms with E-state index in [2.05, 4.69) is 403 Å². The third-order valence-electron chi connectivity index (χ3n) is 20.5. The Balaban J connectivity index is 0.986. The van der Waals surface area contributed by atoms with Crippen LogP contribution in [0.1, 0.15) is 0 Å². The molecular weight excluding hydrogens is 1190 g/mol. The van der Waals surface area contributed by atoms with Gasteiger partial charge in [0.25, 0.3) is 6.71 Å². The van der Waals surface area contributed by atoms with Crippen LogP contribution in [0.2, 0.25) is 0 Å². The summed E-state index contributed by atoms with van der Waals surface area (Å²) in [5, 5.41) is 13.1. The van der Waals surface area contributed by atoms with Gasteiger partial charge in [-0.25, -0.2) is 0 Å². The molecule has 1 aromatic heterocycles. The Bertz CT molecular complexity index is 5280. The zero-order valence-corrected chi connectivity index (χ0v) is 54.9. The van der Waals surface area contributed by atoms with Crippen molar-refractivity contribution in [1.29, 1.82) is 0 Å². The molecule has 0 fully saturated rings. The van der Waals surface area contributed by atoms with Crippen molar-refractivity contribution in [3.63, 3.8) is 0 Å². The second kappa shape index (κ2) is 23.6. The van der Waals surface area contributed by atoms with Crippen LogP contribution in [0.25, 0.3) is 49.7 Å². The molecule has 0 unspecified atom stereocenters. The summed E-state index contributed by atoms with van der Waals surface area (Å²) in [7, 11) is -6.05. The van der Waals surface area contributed by atoms with E-state index in [-0.39, 0.29) is 6.71 Å². The van der Waals surface area contributed by atoms with Gasteiger partial charge in [-0.2, -0.15) is 0 Å². The second-order valence-electron chi connectivity index (χ2n) is 25.4. The van der Waals surface area contributed by atoms with Crippen molar-refractivity contribution >= 4 is 137 Å². The normalized spacial score (nSPS) is 12.5. The van der Waals surface area contributed by atoms with Crippen LogP contribution in [0, 0.1) is 0 Å². The summed E-state index contributed by atoms with van der Waals surface area (Å²) < 4.78 is 2.52. The quantitative estimate of drug-likeness (QED) is 0.0842. The van der Waals surface area contributed by atoms with Gasteiger partial charge >= 0.3 is 0 Å². The molecule has 0 amide bonds. The fourth-order valence-corrected chi connectivity index (χ4v) is 26.0. The summed E-state index contributed by atoms with van der Waals surface area (Å²) in [5.74, 6) is 0. The van der Waals surface area contributed by atoms with Crippen LogP contribution in [-0.4, -0.2) is 27.4 Å². The predicted molar refractivity (Wildman–Crippen MR) is 413 cm³/mol. The molecule has 18 rings (SSSR count). The standard InChI is InChI=1S/C90H64BN3Si2/c1-9-31-65(32-10-1)67-35-29-36-69(61-67)93-86-54-30-51-79(66-33-11-2-12-34-66)89(86)91-82-64-78(96(74-43-19-6-20-44-74,75-45-21-7-22-46-75)76-47-23-8-24-48-76)59-60-85(82)92(87-62-70(63-88(93)90(87)91)94-83-52-27-25-49-80(83)81-50-26-28-53-84(81)94)68-55-57-77(58-56-68)95(71-37-13-3-14-38-71,72-39-15-4-16-40-72)73-41-17-5-18-42-73/h1-64H. The van der Waals surface area contributed by atoms with Crippen molar-refractivity contribution in [2.24, 2.45) is 0 Å². The minimum atomic E-state index is -3.11. The van der Waals surface area contributed by atoms with Crippen LogP contribution in [0.4, 0.5) is 34.1 Å². The van der Waals surface area contributed by atoms with Crippen molar-refractivity contribution in [2.45, 2.75) is 0 Å². The fourth-order valence-electron chi connectivity index (χ4n) is 16.5. The molecule has 0 saturated heterocycles. The summed E-state index contributed by atoms with van der Waals surface area (Å²) in [6, 6.07) is 147. The van der Waals surface area contributed by atoms with Gasteiger partial charge in [0, 0.05) is 44.9 Å². The van der Waals surface area contributed by atoms with Gasteiger partial charge in [-0.05, 0) is 141 Å². The molecule has 3 heterocycles. The predicted octanol–water partition coefficient (Wildman–Crippen LogP) is 15.0. The third-order valence-corrected chi connectivity index (χ3v) is 30.0. The number of anilines is 6. The lowest BCUT2D eigenvalue weighted by Gasteiger charge is -2.46. The molecule has 16 aromatic rings. The third kappa shape index (κ3) is 9.01. The zero-order valence-electron chi connectivity index (χ0n) is 52.9. The van der Waals surface area contributed by atoms with Gasteiger partial charge in [-0.15, -0.1) is 0 Å². The molecule has 0 aliphatic carbocycles. The number of hydrogen-bond donors (Lipinski definition) is 0. The van der Waals surface area contributed by atoms with Crippen molar-refractivity contribution in [3.05, 3.63) is 388 Å². The lowest BCUT2D eigenvalue weighted by atomic mass is 9.32. The Kier molecular flexibility index (Phi) is 14.0. The second-order valence-corrected chi connectivity index (χ2v) is 33.0. The first kappa shape index (κ1) is 56.9. The molecule has 6 heteroatoms. The molecule has 2 aliphatic rings. The molecule has 15 aromatic carbocycles. The van der Waals surface area contributed by atoms with Crippen LogP contribution < -0.4 is 67.7 Å². The summed E-state index contributed by atoms with van der Waals surface area (Å²) in [6.45, 7) is -0.240. The van der Waals surface area contributed by atoms with E-state index in [1.165, 1.54) is 85.3 Å². The molecule has 2 aliphatic heterocycles. The Labute approximate surface area is 563 Å². The first-order valence-electron chi connectivity index (χ1n) is 33.3. The maximum absolute atomic E-state index is 3.11. The molecule has 3 nitrogen and oxygen atoms in total. The lowest BCUT2D eigenvalue weighted by molar-refractivity contribution is 1.16. The summed E-state index contributed by atoms with van der Waals surface area (Å²) in [4.78, 5) is 5.24. The van der Waals surface area contributed by atoms with Gasteiger partial charge in [0.05, 0.1) is 16.7 Å². The molecule has 450 valence electrons. The monoisotopic (exact) mass is 1250 g/mol. The van der Waals surface area contributed by atoms with Gasteiger partial charge in [0.2, 0.25) is 0 Å². The molecule has 96 heavy (non-hydrogen) atoms. The van der Waals surface area contributed by atoms with Gasteiger partial charge in [-0.3, -0.25) is 0 Å². The average molecular weight is 1250 g/mol. The Hall–Kier alpha value is -11.8. The largest absolute Gasteiger partial charge is 0.311 e. The minimum absolute atomic E-state index is 0.240. The van der Waals surface area contributed by atoms with Crippen LogP contribution in [-0.2, 0) is 0 Å². The highest BCUT2D eigenvalue weighted by molar-refractivity contribution is 7.20. The summed E-state index contributed by atoms with van der Waals surface area (Å²) >= 11 is 0. The van der Waals surface area contributed by atoms with Gasteiger partial charge in [0.1, 0.15) is 0 Å².